The monoisotopic (exact) mass is 561 g/mol. The second-order valence-corrected chi connectivity index (χ2v) is 11.8. The highest BCUT2D eigenvalue weighted by atomic mass is 35.5. The van der Waals surface area contributed by atoms with Gasteiger partial charge in [-0.3, -0.25) is 4.79 Å². The molecule has 0 saturated heterocycles. The molecule has 0 amide bonds. The van der Waals surface area contributed by atoms with E-state index >= 15 is 0 Å². The van der Waals surface area contributed by atoms with Gasteiger partial charge in [-0.05, 0) is 79.8 Å². The molecule has 37 heavy (non-hydrogen) atoms. The first-order chi connectivity index (χ1) is 17.8. The summed E-state index contributed by atoms with van der Waals surface area (Å²) in [6, 6.07) is 14.7. The third-order valence-corrected chi connectivity index (χ3v) is 10.2. The molecule has 2 aliphatic carbocycles. The maximum absolute atomic E-state index is 14.2. The van der Waals surface area contributed by atoms with Gasteiger partial charge in [-0.2, -0.15) is 0 Å². The molecule has 2 aromatic carbocycles. The maximum Gasteiger partial charge on any atom is 0.309 e. The Hall–Kier alpha value is -2.32. The molecule has 5 nitrogen and oxygen atoms in total. The van der Waals surface area contributed by atoms with Crippen molar-refractivity contribution in [1.29, 1.82) is 0 Å². The lowest BCUT2D eigenvalue weighted by atomic mass is 9.75. The molecule has 9 heteroatoms. The van der Waals surface area contributed by atoms with E-state index in [0.717, 1.165) is 11.3 Å². The molecule has 1 heterocycles. The minimum Gasteiger partial charge on any atom is -0.611 e. The molecule has 0 radical (unpaired) electrons. The van der Waals surface area contributed by atoms with Crippen molar-refractivity contribution in [3.8, 4) is 5.88 Å². The first-order valence-corrected chi connectivity index (χ1v) is 14.2. The summed E-state index contributed by atoms with van der Waals surface area (Å²) >= 11 is 11.0. The number of esters is 1. The van der Waals surface area contributed by atoms with E-state index in [2.05, 4.69) is 0 Å². The average molecular weight is 562 g/mol. The molecule has 4 atom stereocenters. The highest BCUT2D eigenvalue weighted by Gasteiger charge is 2.62. The SMILES string of the molecule is CCOC(=O)C1CCC2([S+]([O-])c3ccc(F)cc3)c3ccc(OCc4c(Cl)cccc4Cl)nc3CCC12. The summed E-state index contributed by atoms with van der Waals surface area (Å²) in [6.45, 7) is 2.24. The molecular weight excluding hydrogens is 536 g/mol. The highest BCUT2D eigenvalue weighted by Crippen LogP contribution is 2.59. The number of rotatable bonds is 7. The molecule has 0 spiro atoms. The quantitative estimate of drug-likeness (QED) is 0.238. The van der Waals surface area contributed by atoms with Gasteiger partial charge >= 0.3 is 5.97 Å². The van der Waals surface area contributed by atoms with E-state index in [1.54, 1.807) is 43.3 Å². The van der Waals surface area contributed by atoms with Gasteiger partial charge in [-0.1, -0.05) is 29.3 Å². The first kappa shape index (κ1) is 26.3. The van der Waals surface area contributed by atoms with Gasteiger partial charge < -0.3 is 14.0 Å². The Balaban J connectivity index is 1.50. The van der Waals surface area contributed by atoms with Gasteiger partial charge in [0, 0.05) is 39.6 Å². The molecular formula is C28H26Cl2FNO4S. The number of carbonyl (C=O) groups is 1. The predicted molar refractivity (Wildman–Crippen MR) is 141 cm³/mol. The zero-order valence-corrected chi connectivity index (χ0v) is 22.5. The molecule has 0 bridgehead atoms. The van der Waals surface area contributed by atoms with Gasteiger partial charge in [0.25, 0.3) is 0 Å². The van der Waals surface area contributed by atoms with Crippen LogP contribution in [0.5, 0.6) is 5.88 Å². The van der Waals surface area contributed by atoms with E-state index in [9.17, 15) is 13.7 Å². The largest absolute Gasteiger partial charge is 0.611 e. The fourth-order valence-corrected chi connectivity index (χ4v) is 8.28. The van der Waals surface area contributed by atoms with Crippen LogP contribution in [0.25, 0.3) is 0 Å². The van der Waals surface area contributed by atoms with E-state index in [1.807, 2.05) is 6.07 Å². The molecule has 3 aromatic rings. The van der Waals surface area contributed by atoms with Crippen molar-refractivity contribution < 1.29 is 23.2 Å². The Bertz CT molecular complexity index is 1290. The van der Waals surface area contributed by atoms with Crippen LogP contribution >= 0.6 is 23.2 Å². The zero-order chi connectivity index (χ0) is 26.2. The number of ether oxygens (including phenoxy) is 2. The highest BCUT2D eigenvalue weighted by molar-refractivity contribution is 7.92. The summed E-state index contributed by atoms with van der Waals surface area (Å²) < 4.78 is 38.3. The molecule has 0 aliphatic heterocycles. The zero-order valence-electron chi connectivity index (χ0n) is 20.2. The van der Waals surface area contributed by atoms with Crippen molar-refractivity contribution >= 4 is 40.3 Å². The van der Waals surface area contributed by atoms with E-state index < -0.39 is 21.7 Å². The van der Waals surface area contributed by atoms with Gasteiger partial charge in [-0.15, -0.1) is 0 Å². The van der Waals surface area contributed by atoms with Crippen LogP contribution in [0.3, 0.4) is 0 Å². The Morgan fingerprint density at radius 2 is 1.86 bits per heavy atom. The van der Waals surface area contributed by atoms with Crippen LogP contribution in [0.4, 0.5) is 4.39 Å². The number of nitrogens with zero attached hydrogens (tertiary/aromatic N) is 1. The van der Waals surface area contributed by atoms with Crippen molar-refractivity contribution in [2.75, 3.05) is 6.61 Å². The molecule has 1 aromatic heterocycles. The normalized spacial score (nSPS) is 23.2. The van der Waals surface area contributed by atoms with Crippen LogP contribution < -0.4 is 4.74 Å². The minimum absolute atomic E-state index is 0.157. The van der Waals surface area contributed by atoms with Crippen molar-refractivity contribution in [3.63, 3.8) is 0 Å². The van der Waals surface area contributed by atoms with Crippen molar-refractivity contribution in [3.05, 3.63) is 87.3 Å². The van der Waals surface area contributed by atoms with Crippen LogP contribution in [0.2, 0.25) is 10.0 Å². The second-order valence-electron chi connectivity index (χ2n) is 9.29. The third kappa shape index (κ3) is 4.83. The maximum atomic E-state index is 14.2. The molecule has 4 unspecified atom stereocenters. The predicted octanol–water partition coefficient (Wildman–Crippen LogP) is 6.65. The number of aryl methyl sites for hydroxylation is 1. The van der Waals surface area contributed by atoms with Gasteiger partial charge in [0.15, 0.2) is 9.64 Å². The van der Waals surface area contributed by atoms with Crippen LogP contribution in [0.15, 0.2) is 59.5 Å². The van der Waals surface area contributed by atoms with E-state index in [4.69, 9.17) is 37.7 Å². The van der Waals surface area contributed by atoms with Gasteiger partial charge in [0.2, 0.25) is 5.88 Å². The molecule has 1 fully saturated rings. The lowest BCUT2D eigenvalue weighted by Gasteiger charge is -2.42. The number of carbonyl (C=O) groups excluding carboxylic acids is 1. The van der Waals surface area contributed by atoms with Crippen LogP contribution in [0.1, 0.15) is 43.0 Å². The number of benzene rings is 2. The van der Waals surface area contributed by atoms with E-state index in [-0.39, 0.29) is 24.4 Å². The fraction of sp³-hybridized carbons (Fsp3) is 0.357. The van der Waals surface area contributed by atoms with Crippen LogP contribution in [-0.4, -0.2) is 22.1 Å². The molecule has 194 valence electrons. The fourth-order valence-electron chi connectivity index (χ4n) is 5.73. The van der Waals surface area contributed by atoms with E-state index in [1.165, 1.54) is 12.1 Å². The lowest BCUT2D eigenvalue weighted by Crippen LogP contribution is -2.46. The summed E-state index contributed by atoms with van der Waals surface area (Å²) in [7, 11) is 0. The van der Waals surface area contributed by atoms with Crippen LogP contribution in [0, 0.1) is 17.7 Å². The number of halogens is 3. The molecule has 1 saturated carbocycles. The number of hydrogen-bond donors (Lipinski definition) is 0. The topological polar surface area (TPSA) is 71.5 Å². The summed E-state index contributed by atoms with van der Waals surface area (Å²) in [4.78, 5) is 18.2. The lowest BCUT2D eigenvalue weighted by molar-refractivity contribution is -0.149. The Kier molecular flexibility index (Phi) is 7.68. The minimum atomic E-state index is -1.54. The van der Waals surface area contributed by atoms with Crippen molar-refractivity contribution in [2.24, 2.45) is 11.8 Å². The molecule has 5 rings (SSSR count). The van der Waals surface area contributed by atoms with Gasteiger partial charge in [-0.25, -0.2) is 9.37 Å². The second kappa shape index (κ2) is 10.8. The van der Waals surface area contributed by atoms with Crippen molar-refractivity contribution in [1.82, 2.24) is 4.98 Å². The standard InChI is InChI=1S/C28H26Cl2FNO4S/c1-2-35-27(33)19-14-15-28(37(34)18-8-6-17(31)7-9-18)21(19)10-12-25-22(28)11-13-26(32-25)36-16-20-23(29)4-3-5-24(20)30/h3-9,11,13,19,21H,2,10,12,14-16H2,1H3. The number of pyridine rings is 1. The number of fused-ring (bicyclic) bond motifs is 3. The summed E-state index contributed by atoms with van der Waals surface area (Å²) in [5.41, 5.74) is 2.31. The number of aromatic nitrogens is 1. The average Bonchev–Trinajstić information content (AvgIpc) is 3.29. The molecule has 0 N–H and O–H groups in total. The Labute approximate surface area is 228 Å². The van der Waals surface area contributed by atoms with E-state index in [0.29, 0.717) is 58.7 Å². The summed E-state index contributed by atoms with van der Waals surface area (Å²) in [5, 5.41) is 1.02. The molecule has 2 aliphatic rings. The van der Waals surface area contributed by atoms with Crippen molar-refractivity contribution in [2.45, 2.75) is 48.9 Å². The smallest absolute Gasteiger partial charge is 0.309 e. The first-order valence-electron chi connectivity index (χ1n) is 12.2. The van der Waals surface area contributed by atoms with Gasteiger partial charge in [0.05, 0.1) is 18.2 Å². The van der Waals surface area contributed by atoms with Crippen LogP contribution in [-0.2, 0) is 38.5 Å². The van der Waals surface area contributed by atoms with Gasteiger partial charge in [0.1, 0.15) is 12.4 Å². The Morgan fingerprint density at radius 1 is 1.14 bits per heavy atom. The Morgan fingerprint density at radius 3 is 2.57 bits per heavy atom. The summed E-state index contributed by atoms with van der Waals surface area (Å²) in [6.07, 6.45) is 2.35. The third-order valence-electron chi connectivity index (χ3n) is 7.38. The number of hydrogen-bond acceptors (Lipinski definition) is 5. The summed E-state index contributed by atoms with van der Waals surface area (Å²) in [5.74, 6) is -0.762.